The molecule has 1 aromatic carbocycles. The molecule has 0 saturated heterocycles. The maximum Gasteiger partial charge on any atom is 0.267 e. The van der Waals surface area contributed by atoms with Gasteiger partial charge in [0, 0.05) is 0 Å². The molecule has 0 atom stereocenters. The van der Waals surface area contributed by atoms with Gasteiger partial charge in [0.1, 0.15) is 0 Å². The number of amides is 2. The van der Waals surface area contributed by atoms with Crippen LogP contribution >= 0.6 is 23.2 Å². The fourth-order valence-corrected chi connectivity index (χ4v) is 2.49. The van der Waals surface area contributed by atoms with Gasteiger partial charge in [-0.1, -0.05) is 12.1 Å². The molecule has 1 aromatic heterocycles. The lowest BCUT2D eigenvalue weighted by Crippen LogP contribution is -2.31. The molecule has 0 unspecified atom stereocenters. The van der Waals surface area contributed by atoms with Crippen molar-refractivity contribution >= 4 is 40.8 Å². The van der Waals surface area contributed by atoms with Crippen LogP contribution in [0.5, 0.6) is 0 Å². The molecule has 0 aliphatic carbocycles. The second-order valence-corrected chi connectivity index (χ2v) is 4.92. The highest BCUT2D eigenvalue weighted by Gasteiger charge is 2.38. The van der Waals surface area contributed by atoms with Crippen molar-refractivity contribution in [3.63, 3.8) is 0 Å². The van der Waals surface area contributed by atoms with Crippen LogP contribution < -0.4 is 4.90 Å². The summed E-state index contributed by atoms with van der Waals surface area (Å²) in [6, 6.07) is 6.63. The van der Waals surface area contributed by atoms with Crippen molar-refractivity contribution in [3.8, 4) is 0 Å². The van der Waals surface area contributed by atoms with Gasteiger partial charge in [-0.05, 0) is 12.1 Å². The first-order valence-corrected chi connectivity index (χ1v) is 7.18. The molecule has 21 heavy (non-hydrogen) atoms. The summed E-state index contributed by atoms with van der Waals surface area (Å²) < 4.78 is 0. The van der Waals surface area contributed by atoms with Crippen molar-refractivity contribution < 1.29 is 9.59 Å². The molecule has 0 N–H and O–H groups in total. The van der Waals surface area contributed by atoms with Crippen molar-refractivity contribution in [3.05, 3.63) is 53.0 Å². The van der Waals surface area contributed by atoms with E-state index in [1.54, 1.807) is 24.3 Å². The molecular weight excluding hydrogens is 313 g/mol. The summed E-state index contributed by atoms with van der Waals surface area (Å²) in [4.78, 5) is 34.2. The highest BCUT2D eigenvalue weighted by atomic mass is 35.5. The van der Waals surface area contributed by atoms with E-state index in [1.165, 1.54) is 6.20 Å². The summed E-state index contributed by atoms with van der Waals surface area (Å²) in [6.45, 7) is 0. The molecule has 2 heterocycles. The zero-order valence-corrected chi connectivity index (χ0v) is 12.2. The van der Waals surface area contributed by atoms with Crippen LogP contribution in [-0.4, -0.2) is 21.8 Å². The lowest BCUT2D eigenvalue weighted by Gasteiger charge is -2.15. The molecule has 0 spiro atoms. The molecule has 1 aliphatic rings. The van der Waals surface area contributed by atoms with Crippen LogP contribution in [0, 0.1) is 0 Å². The average Bonchev–Trinajstić information content (AvgIpc) is 2.79. The van der Waals surface area contributed by atoms with Crippen LogP contribution in [0.25, 0.3) is 0 Å². The number of imide groups is 1. The zero-order valence-electron chi connectivity index (χ0n) is 10.7. The number of anilines is 1. The fourth-order valence-electron chi connectivity index (χ4n) is 2.18. The zero-order chi connectivity index (χ0) is 15.0. The minimum absolute atomic E-state index is 0.0282. The smallest absolute Gasteiger partial charge is 0.267 e. The van der Waals surface area contributed by atoms with Crippen molar-refractivity contribution in [2.75, 3.05) is 4.90 Å². The van der Waals surface area contributed by atoms with E-state index in [2.05, 4.69) is 9.97 Å². The molecule has 3 rings (SSSR count). The predicted molar refractivity (Wildman–Crippen MR) is 78.7 cm³/mol. The number of carbonyl (C=O) groups is 2. The van der Waals surface area contributed by atoms with Crippen LogP contribution in [0.4, 0.5) is 5.82 Å². The number of fused-ring (bicyclic) bond motifs is 1. The Bertz CT molecular complexity index is 714. The van der Waals surface area contributed by atoms with Crippen molar-refractivity contribution in [2.45, 2.75) is 11.8 Å². The summed E-state index contributed by atoms with van der Waals surface area (Å²) in [7, 11) is 0. The number of hydrogen-bond acceptors (Lipinski definition) is 4. The van der Waals surface area contributed by atoms with Gasteiger partial charge in [-0.3, -0.25) is 9.59 Å². The van der Waals surface area contributed by atoms with Gasteiger partial charge in [-0.25, -0.2) is 14.9 Å². The monoisotopic (exact) mass is 321 g/mol. The predicted octanol–water partition coefficient (Wildman–Crippen LogP) is 2.75. The number of alkyl halides is 2. The lowest BCUT2D eigenvalue weighted by atomic mass is 10.1. The van der Waals surface area contributed by atoms with Gasteiger partial charge in [0.05, 0.1) is 40.5 Å². The third kappa shape index (κ3) is 2.18. The normalized spacial score (nSPS) is 13.7. The van der Waals surface area contributed by atoms with Gasteiger partial charge in [0.15, 0.2) is 5.82 Å². The van der Waals surface area contributed by atoms with E-state index >= 15 is 0 Å². The molecule has 1 aliphatic heterocycles. The summed E-state index contributed by atoms with van der Waals surface area (Å²) in [6.07, 6.45) is 1.43. The molecule has 0 radical (unpaired) electrons. The summed E-state index contributed by atoms with van der Waals surface area (Å²) in [5.74, 6) is -0.477. The van der Waals surface area contributed by atoms with Gasteiger partial charge in [-0.15, -0.1) is 23.2 Å². The molecule has 106 valence electrons. The van der Waals surface area contributed by atoms with E-state index in [4.69, 9.17) is 23.2 Å². The Labute approximate surface area is 130 Å². The van der Waals surface area contributed by atoms with Gasteiger partial charge in [0.25, 0.3) is 11.8 Å². The summed E-state index contributed by atoms with van der Waals surface area (Å²) in [5, 5.41) is 0. The average molecular weight is 322 g/mol. The molecule has 0 saturated carbocycles. The minimum Gasteiger partial charge on any atom is -0.268 e. The van der Waals surface area contributed by atoms with Crippen LogP contribution in [-0.2, 0) is 11.8 Å². The Balaban J connectivity index is 2.11. The maximum atomic E-state index is 12.4. The SMILES string of the molecule is O=C1c2ccccc2C(=O)N1c1ncc(CCl)nc1CCl. The Morgan fingerprint density at radius 1 is 1.00 bits per heavy atom. The number of hydrogen-bond donors (Lipinski definition) is 0. The standard InChI is InChI=1S/C14H9Cl2N3O2/c15-5-8-7-17-12(11(6-16)18-8)19-13(20)9-3-1-2-4-10(9)14(19)21/h1-4,7H,5-6H2. The largest absolute Gasteiger partial charge is 0.268 e. The van der Waals surface area contributed by atoms with Crippen LogP contribution in [0.2, 0.25) is 0 Å². The molecule has 0 fully saturated rings. The minimum atomic E-state index is -0.421. The Hall–Kier alpha value is -1.98. The molecule has 7 heteroatoms. The van der Waals surface area contributed by atoms with E-state index in [1.807, 2.05) is 0 Å². The van der Waals surface area contributed by atoms with Gasteiger partial charge in [-0.2, -0.15) is 0 Å². The second-order valence-electron chi connectivity index (χ2n) is 4.39. The number of benzene rings is 1. The van der Waals surface area contributed by atoms with Gasteiger partial charge in [0.2, 0.25) is 0 Å². The first-order valence-electron chi connectivity index (χ1n) is 6.12. The highest BCUT2D eigenvalue weighted by Crippen LogP contribution is 2.29. The van der Waals surface area contributed by atoms with Crippen LogP contribution in [0.15, 0.2) is 30.5 Å². The maximum absolute atomic E-state index is 12.4. The number of halogens is 2. The lowest BCUT2D eigenvalue weighted by molar-refractivity contribution is 0.0924. The number of carbonyl (C=O) groups excluding carboxylic acids is 2. The van der Waals surface area contributed by atoms with Crippen molar-refractivity contribution in [2.24, 2.45) is 0 Å². The second kappa shape index (κ2) is 5.42. The molecular formula is C14H9Cl2N3O2. The third-order valence-electron chi connectivity index (χ3n) is 3.14. The number of rotatable bonds is 3. The highest BCUT2D eigenvalue weighted by molar-refractivity contribution is 6.34. The Morgan fingerprint density at radius 3 is 2.14 bits per heavy atom. The number of aromatic nitrogens is 2. The fraction of sp³-hybridized carbons (Fsp3) is 0.143. The Kier molecular flexibility index (Phi) is 3.61. The quantitative estimate of drug-likeness (QED) is 0.644. The summed E-state index contributed by atoms with van der Waals surface area (Å²) >= 11 is 11.6. The summed E-state index contributed by atoms with van der Waals surface area (Å²) in [5.41, 5.74) is 1.59. The van der Waals surface area contributed by atoms with E-state index < -0.39 is 11.8 Å². The van der Waals surface area contributed by atoms with E-state index in [0.29, 0.717) is 22.5 Å². The van der Waals surface area contributed by atoms with Crippen LogP contribution in [0.3, 0.4) is 0 Å². The van der Waals surface area contributed by atoms with E-state index in [0.717, 1.165) is 4.90 Å². The van der Waals surface area contributed by atoms with Crippen molar-refractivity contribution in [1.82, 2.24) is 9.97 Å². The van der Waals surface area contributed by atoms with Crippen LogP contribution in [0.1, 0.15) is 32.1 Å². The van der Waals surface area contributed by atoms with E-state index in [9.17, 15) is 9.59 Å². The first kappa shape index (κ1) is 14.0. The molecule has 0 bridgehead atoms. The first-order chi connectivity index (χ1) is 10.2. The number of nitrogens with zero attached hydrogens (tertiary/aromatic N) is 3. The molecule has 2 aromatic rings. The van der Waals surface area contributed by atoms with Crippen molar-refractivity contribution in [1.29, 1.82) is 0 Å². The van der Waals surface area contributed by atoms with Gasteiger partial charge >= 0.3 is 0 Å². The topological polar surface area (TPSA) is 63.2 Å². The van der Waals surface area contributed by atoms with E-state index in [-0.39, 0.29) is 17.6 Å². The third-order valence-corrected chi connectivity index (χ3v) is 3.67. The Morgan fingerprint density at radius 2 is 1.62 bits per heavy atom. The molecule has 2 amide bonds. The van der Waals surface area contributed by atoms with Gasteiger partial charge < -0.3 is 0 Å². The molecule has 5 nitrogen and oxygen atoms in total.